The second kappa shape index (κ2) is 7.08. The molecule has 2 aliphatic heterocycles. The number of rotatable bonds is 2. The average Bonchev–Trinajstić information content (AvgIpc) is 3.23. The van der Waals surface area contributed by atoms with E-state index in [4.69, 9.17) is 20.2 Å². The number of benzene rings is 1. The summed E-state index contributed by atoms with van der Waals surface area (Å²) in [5.41, 5.74) is 8.20. The number of carbonyl (C=O) groups excluding carboxylic acids is 1. The van der Waals surface area contributed by atoms with Crippen molar-refractivity contribution < 1.29 is 14.3 Å². The van der Waals surface area contributed by atoms with Crippen LogP contribution in [-0.4, -0.2) is 52.9 Å². The molecule has 0 bridgehead atoms. The number of nitrogens with zero attached hydrogens (tertiary/aromatic N) is 2. The van der Waals surface area contributed by atoms with Crippen LogP contribution in [-0.2, 0) is 11.2 Å². The van der Waals surface area contributed by atoms with Gasteiger partial charge >= 0.3 is 6.09 Å². The van der Waals surface area contributed by atoms with E-state index in [1.807, 2.05) is 33.8 Å². The summed E-state index contributed by atoms with van der Waals surface area (Å²) in [6, 6.07) is 3.82. The van der Waals surface area contributed by atoms with E-state index in [9.17, 15) is 4.79 Å². The lowest BCUT2D eigenvalue weighted by Gasteiger charge is -2.42. The van der Waals surface area contributed by atoms with Crippen molar-refractivity contribution >= 4 is 32.8 Å². The summed E-state index contributed by atoms with van der Waals surface area (Å²) in [7, 11) is 0. The fourth-order valence-electron chi connectivity index (χ4n) is 3.85. The van der Waals surface area contributed by atoms with Crippen LogP contribution in [0.4, 0.5) is 9.93 Å². The van der Waals surface area contributed by atoms with Crippen LogP contribution >= 0.6 is 11.3 Å². The lowest BCUT2D eigenvalue weighted by molar-refractivity contribution is 0.00823. The maximum absolute atomic E-state index is 12.5. The number of anilines is 1. The highest BCUT2D eigenvalue weighted by Crippen LogP contribution is 2.37. The van der Waals surface area contributed by atoms with Crippen LogP contribution in [0.5, 0.6) is 5.75 Å². The zero-order chi connectivity index (χ0) is 20.1. The second-order valence-electron chi connectivity index (χ2n) is 8.54. The standard InChI is InChI=1S/C20H28N4O3S/c1-11-16(21)13(7-9-24(11)19(25)27-20(2,3)4)22-18-23-17-12-8-10-26-14(12)5-6-15(17)28-18/h5-6,11,13,16H,7-10,21H2,1-4H3,(H,22,23)/t11-,13-,16+/m0/s1. The number of amides is 1. The van der Waals surface area contributed by atoms with Gasteiger partial charge in [0.1, 0.15) is 11.4 Å². The summed E-state index contributed by atoms with van der Waals surface area (Å²) >= 11 is 1.64. The summed E-state index contributed by atoms with van der Waals surface area (Å²) in [4.78, 5) is 19.0. The minimum atomic E-state index is -0.513. The van der Waals surface area contributed by atoms with Crippen LogP contribution in [0.3, 0.4) is 0 Å². The monoisotopic (exact) mass is 404 g/mol. The van der Waals surface area contributed by atoms with Crippen LogP contribution in [0.1, 0.15) is 39.7 Å². The molecule has 2 aromatic rings. The molecule has 0 radical (unpaired) electrons. The Morgan fingerprint density at radius 2 is 2.21 bits per heavy atom. The minimum absolute atomic E-state index is 0.0542. The SMILES string of the molecule is C[C@H]1[C@@H](N)[C@@H](Nc2nc3c4c(ccc3s2)OCC4)CCN1C(=O)OC(C)(C)C. The van der Waals surface area contributed by atoms with Crippen molar-refractivity contribution in [1.82, 2.24) is 9.88 Å². The average molecular weight is 405 g/mol. The first kappa shape index (κ1) is 19.3. The number of hydrogen-bond donors (Lipinski definition) is 2. The van der Waals surface area contributed by atoms with Gasteiger partial charge in [0.25, 0.3) is 0 Å². The summed E-state index contributed by atoms with van der Waals surface area (Å²) < 4.78 is 12.3. The van der Waals surface area contributed by atoms with E-state index in [0.29, 0.717) is 6.54 Å². The largest absolute Gasteiger partial charge is 0.493 e. The first-order valence-corrected chi connectivity index (χ1v) is 10.6. The molecule has 7 nitrogen and oxygen atoms in total. The van der Waals surface area contributed by atoms with Gasteiger partial charge in [-0.25, -0.2) is 9.78 Å². The number of hydrogen-bond acceptors (Lipinski definition) is 7. The lowest BCUT2D eigenvalue weighted by Crippen LogP contribution is -2.61. The number of fused-ring (bicyclic) bond motifs is 3. The molecular weight excluding hydrogens is 376 g/mol. The third-order valence-corrected chi connectivity index (χ3v) is 6.32. The van der Waals surface area contributed by atoms with Gasteiger partial charge < -0.3 is 25.4 Å². The van der Waals surface area contributed by atoms with Gasteiger partial charge in [-0.2, -0.15) is 0 Å². The summed E-state index contributed by atoms with van der Waals surface area (Å²) in [5.74, 6) is 0.945. The molecule has 0 saturated carbocycles. The number of ether oxygens (including phenoxy) is 2. The topological polar surface area (TPSA) is 89.7 Å². The smallest absolute Gasteiger partial charge is 0.410 e. The Hall–Kier alpha value is -2.06. The van der Waals surface area contributed by atoms with Crippen LogP contribution in [0.15, 0.2) is 12.1 Å². The molecule has 2 aliphatic rings. The fourth-order valence-corrected chi connectivity index (χ4v) is 4.81. The molecular formula is C20H28N4O3S. The lowest BCUT2D eigenvalue weighted by atomic mass is 9.93. The summed E-state index contributed by atoms with van der Waals surface area (Å²) in [6.45, 7) is 8.93. The van der Waals surface area contributed by atoms with Crippen LogP contribution in [0.2, 0.25) is 0 Å². The molecule has 3 heterocycles. The van der Waals surface area contributed by atoms with Crippen molar-refractivity contribution in [2.45, 2.75) is 64.3 Å². The van der Waals surface area contributed by atoms with E-state index in [0.717, 1.165) is 40.5 Å². The van der Waals surface area contributed by atoms with Crippen molar-refractivity contribution in [1.29, 1.82) is 0 Å². The number of nitrogens with two attached hydrogens (primary N) is 1. The Morgan fingerprint density at radius 1 is 1.43 bits per heavy atom. The third-order valence-electron chi connectivity index (χ3n) is 5.36. The van der Waals surface area contributed by atoms with Gasteiger partial charge in [0, 0.05) is 36.7 Å². The van der Waals surface area contributed by atoms with Crippen molar-refractivity contribution in [3.05, 3.63) is 17.7 Å². The van der Waals surface area contributed by atoms with Crippen molar-refractivity contribution in [3.8, 4) is 5.75 Å². The van der Waals surface area contributed by atoms with E-state index in [1.54, 1.807) is 16.2 Å². The maximum Gasteiger partial charge on any atom is 0.410 e. The highest BCUT2D eigenvalue weighted by atomic mass is 32.1. The van der Waals surface area contributed by atoms with Gasteiger partial charge in [-0.1, -0.05) is 11.3 Å². The van der Waals surface area contributed by atoms with Crippen LogP contribution < -0.4 is 15.8 Å². The molecule has 1 saturated heterocycles. The molecule has 0 aliphatic carbocycles. The molecule has 3 atom stereocenters. The van der Waals surface area contributed by atoms with Gasteiger partial charge in [0.05, 0.1) is 16.8 Å². The molecule has 1 amide bonds. The quantitative estimate of drug-likeness (QED) is 0.798. The Kier molecular flexibility index (Phi) is 4.87. The molecule has 152 valence electrons. The second-order valence-corrected chi connectivity index (χ2v) is 9.57. The Balaban J connectivity index is 1.46. The number of likely N-dealkylation sites (tertiary alicyclic amines) is 1. The first-order chi connectivity index (χ1) is 13.2. The highest BCUT2D eigenvalue weighted by Gasteiger charge is 2.37. The number of thiazole rings is 1. The number of piperidine rings is 1. The molecule has 3 N–H and O–H groups in total. The molecule has 28 heavy (non-hydrogen) atoms. The summed E-state index contributed by atoms with van der Waals surface area (Å²) in [5, 5.41) is 4.38. The van der Waals surface area contributed by atoms with E-state index in [-0.39, 0.29) is 24.2 Å². The molecule has 8 heteroatoms. The molecule has 0 spiro atoms. The Labute approximate surface area is 169 Å². The van der Waals surface area contributed by atoms with E-state index < -0.39 is 5.60 Å². The molecule has 1 aromatic carbocycles. The highest BCUT2D eigenvalue weighted by molar-refractivity contribution is 7.22. The van der Waals surface area contributed by atoms with E-state index >= 15 is 0 Å². The predicted octanol–water partition coefficient (Wildman–Crippen LogP) is 3.37. The molecule has 1 fully saturated rings. The van der Waals surface area contributed by atoms with Crippen molar-refractivity contribution in [3.63, 3.8) is 0 Å². The summed E-state index contributed by atoms with van der Waals surface area (Å²) in [6.07, 6.45) is 1.35. The predicted molar refractivity (Wildman–Crippen MR) is 111 cm³/mol. The molecule has 0 unspecified atom stereocenters. The van der Waals surface area contributed by atoms with Crippen molar-refractivity contribution in [2.24, 2.45) is 5.73 Å². The zero-order valence-corrected chi connectivity index (χ0v) is 17.6. The maximum atomic E-state index is 12.5. The van der Waals surface area contributed by atoms with Gasteiger partial charge in [-0.05, 0) is 46.2 Å². The molecule has 1 aromatic heterocycles. The van der Waals surface area contributed by atoms with Gasteiger partial charge in [-0.3, -0.25) is 0 Å². The normalized spacial score (nSPS) is 24.8. The number of nitrogens with one attached hydrogen (secondary N) is 1. The van der Waals surface area contributed by atoms with Crippen LogP contribution in [0.25, 0.3) is 10.2 Å². The van der Waals surface area contributed by atoms with Crippen LogP contribution in [0, 0.1) is 0 Å². The number of carbonyl (C=O) groups is 1. The van der Waals surface area contributed by atoms with Gasteiger partial charge in [0.2, 0.25) is 0 Å². The minimum Gasteiger partial charge on any atom is -0.493 e. The van der Waals surface area contributed by atoms with E-state index in [2.05, 4.69) is 11.4 Å². The Morgan fingerprint density at radius 3 is 2.96 bits per heavy atom. The fraction of sp³-hybridized carbons (Fsp3) is 0.600. The number of aromatic nitrogens is 1. The molecule has 4 rings (SSSR count). The third kappa shape index (κ3) is 3.63. The van der Waals surface area contributed by atoms with Gasteiger partial charge in [0.15, 0.2) is 5.13 Å². The Bertz CT molecular complexity index is 891. The van der Waals surface area contributed by atoms with Crippen molar-refractivity contribution in [2.75, 3.05) is 18.5 Å². The van der Waals surface area contributed by atoms with E-state index in [1.165, 1.54) is 5.56 Å². The van der Waals surface area contributed by atoms with Gasteiger partial charge in [-0.15, -0.1) is 0 Å². The zero-order valence-electron chi connectivity index (χ0n) is 16.8. The first-order valence-electron chi connectivity index (χ1n) is 9.80.